The molecule has 0 spiro atoms. The van der Waals surface area contributed by atoms with E-state index in [0.29, 0.717) is 24.6 Å². The molecule has 0 aromatic carbocycles. The predicted octanol–water partition coefficient (Wildman–Crippen LogP) is 2.24. The Morgan fingerprint density at radius 3 is 3.07 bits per heavy atom. The third-order valence-electron chi connectivity index (χ3n) is 5.24. The van der Waals surface area contributed by atoms with Crippen molar-refractivity contribution in [2.75, 3.05) is 26.7 Å². The zero-order valence-electron chi connectivity index (χ0n) is 15.9. The summed E-state index contributed by atoms with van der Waals surface area (Å²) < 4.78 is 5.55. The van der Waals surface area contributed by atoms with Crippen molar-refractivity contribution in [3.05, 3.63) is 47.2 Å². The van der Waals surface area contributed by atoms with E-state index in [0.717, 1.165) is 43.9 Å². The quantitative estimate of drug-likeness (QED) is 0.825. The van der Waals surface area contributed by atoms with Gasteiger partial charge >= 0.3 is 0 Å². The molecular formula is C20H25N5O2. The number of likely N-dealkylation sites (N-methyl/N-ethyl adjacent to an activating group) is 1. The molecule has 27 heavy (non-hydrogen) atoms. The van der Waals surface area contributed by atoms with Crippen LogP contribution in [0.4, 0.5) is 0 Å². The van der Waals surface area contributed by atoms with Crippen LogP contribution in [0.25, 0.3) is 0 Å². The molecule has 142 valence electrons. The van der Waals surface area contributed by atoms with Gasteiger partial charge in [-0.1, -0.05) is 0 Å². The summed E-state index contributed by atoms with van der Waals surface area (Å²) >= 11 is 0. The summed E-state index contributed by atoms with van der Waals surface area (Å²) in [6.07, 6.45) is 6.34. The van der Waals surface area contributed by atoms with Crippen molar-refractivity contribution >= 4 is 5.91 Å². The van der Waals surface area contributed by atoms with Crippen molar-refractivity contribution in [2.45, 2.75) is 38.8 Å². The Balaban J connectivity index is 1.60. The van der Waals surface area contributed by atoms with Gasteiger partial charge in [0.2, 0.25) is 5.88 Å². The van der Waals surface area contributed by atoms with Gasteiger partial charge < -0.3 is 14.5 Å². The summed E-state index contributed by atoms with van der Waals surface area (Å²) in [6.45, 7) is 4.96. The smallest absolute Gasteiger partial charge is 0.259 e. The van der Waals surface area contributed by atoms with Gasteiger partial charge in [0, 0.05) is 49.7 Å². The lowest BCUT2D eigenvalue weighted by Gasteiger charge is -2.27. The Kier molecular flexibility index (Phi) is 5.03. The van der Waals surface area contributed by atoms with Gasteiger partial charge in [-0.3, -0.25) is 4.79 Å². The molecule has 0 N–H and O–H groups in total. The molecule has 0 saturated carbocycles. The maximum absolute atomic E-state index is 13.2. The van der Waals surface area contributed by atoms with E-state index in [9.17, 15) is 4.79 Å². The molecule has 2 aliphatic heterocycles. The first-order valence-electron chi connectivity index (χ1n) is 9.59. The number of hydrogen-bond donors (Lipinski definition) is 0. The van der Waals surface area contributed by atoms with Crippen LogP contribution in [0, 0.1) is 0 Å². The van der Waals surface area contributed by atoms with Crippen LogP contribution in [0.5, 0.6) is 5.88 Å². The third kappa shape index (κ3) is 3.51. The van der Waals surface area contributed by atoms with Gasteiger partial charge in [-0.05, 0) is 38.9 Å². The Labute approximate surface area is 159 Å². The average molecular weight is 367 g/mol. The average Bonchev–Trinajstić information content (AvgIpc) is 3.17. The SMILES string of the molecule is CCOc1ncccc1C(=O)N1CCCC1c1ncc2c(n1)CCN(C)C2. The lowest BCUT2D eigenvalue weighted by atomic mass is 10.1. The highest BCUT2D eigenvalue weighted by molar-refractivity contribution is 5.96. The Bertz CT molecular complexity index is 841. The minimum Gasteiger partial charge on any atom is -0.477 e. The molecule has 1 saturated heterocycles. The van der Waals surface area contributed by atoms with Crippen LogP contribution in [0.3, 0.4) is 0 Å². The normalized spacial score (nSPS) is 19.8. The molecular weight excluding hydrogens is 342 g/mol. The maximum atomic E-state index is 13.2. The van der Waals surface area contributed by atoms with Crippen molar-refractivity contribution in [1.29, 1.82) is 0 Å². The van der Waals surface area contributed by atoms with Crippen molar-refractivity contribution in [3.8, 4) is 5.88 Å². The van der Waals surface area contributed by atoms with Crippen molar-refractivity contribution in [1.82, 2.24) is 24.8 Å². The molecule has 0 radical (unpaired) electrons. The second-order valence-electron chi connectivity index (χ2n) is 7.13. The third-order valence-corrected chi connectivity index (χ3v) is 5.24. The summed E-state index contributed by atoms with van der Waals surface area (Å²) in [6, 6.07) is 3.46. The molecule has 1 fully saturated rings. The van der Waals surface area contributed by atoms with E-state index < -0.39 is 0 Å². The number of amides is 1. The van der Waals surface area contributed by atoms with Gasteiger partial charge in [-0.25, -0.2) is 15.0 Å². The molecule has 7 heteroatoms. The van der Waals surface area contributed by atoms with Crippen LogP contribution in [0.1, 0.15) is 53.2 Å². The zero-order valence-corrected chi connectivity index (χ0v) is 15.9. The molecule has 0 aliphatic carbocycles. The van der Waals surface area contributed by atoms with Crippen LogP contribution < -0.4 is 4.74 Å². The number of carbonyl (C=O) groups is 1. The number of likely N-dealkylation sites (tertiary alicyclic amines) is 1. The summed E-state index contributed by atoms with van der Waals surface area (Å²) in [5, 5.41) is 0. The van der Waals surface area contributed by atoms with Crippen LogP contribution in [0.2, 0.25) is 0 Å². The molecule has 7 nitrogen and oxygen atoms in total. The second kappa shape index (κ2) is 7.60. The predicted molar refractivity (Wildman–Crippen MR) is 100 cm³/mol. The largest absolute Gasteiger partial charge is 0.477 e. The Hall–Kier alpha value is -2.54. The van der Waals surface area contributed by atoms with Gasteiger partial charge in [-0.15, -0.1) is 0 Å². The molecule has 4 heterocycles. The van der Waals surface area contributed by atoms with Gasteiger partial charge in [0.25, 0.3) is 5.91 Å². The number of carbonyl (C=O) groups excluding carboxylic acids is 1. The molecule has 1 amide bonds. The highest BCUT2D eigenvalue weighted by Crippen LogP contribution is 2.33. The monoisotopic (exact) mass is 367 g/mol. The first-order chi connectivity index (χ1) is 13.2. The van der Waals surface area contributed by atoms with E-state index in [1.807, 2.05) is 18.0 Å². The van der Waals surface area contributed by atoms with E-state index in [1.165, 1.54) is 5.56 Å². The minimum atomic E-state index is -0.0860. The number of ether oxygens (including phenoxy) is 1. The number of rotatable bonds is 4. The number of fused-ring (bicyclic) bond motifs is 1. The molecule has 2 aromatic heterocycles. The number of aromatic nitrogens is 3. The molecule has 4 rings (SSSR count). The molecule has 2 aliphatic rings. The summed E-state index contributed by atoms with van der Waals surface area (Å²) in [5.74, 6) is 1.09. The van der Waals surface area contributed by atoms with E-state index in [4.69, 9.17) is 9.72 Å². The van der Waals surface area contributed by atoms with Gasteiger partial charge in [-0.2, -0.15) is 0 Å². The molecule has 1 unspecified atom stereocenters. The van der Waals surface area contributed by atoms with Crippen LogP contribution in [-0.2, 0) is 13.0 Å². The summed E-state index contributed by atoms with van der Waals surface area (Å²) in [4.78, 5) is 31.0. The topological polar surface area (TPSA) is 71.5 Å². The molecule has 0 bridgehead atoms. The van der Waals surface area contributed by atoms with E-state index >= 15 is 0 Å². The van der Waals surface area contributed by atoms with Crippen molar-refractivity contribution in [2.24, 2.45) is 0 Å². The first-order valence-corrected chi connectivity index (χ1v) is 9.59. The van der Waals surface area contributed by atoms with E-state index in [2.05, 4.69) is 21.9 Å². The molecule has 1 atom stereocenters. The Morgan fingerprint density at radius 2 is 2.22 bits per heavy atom. The van der Waals surface area contributed by atoms with Crippen molar-refractivity contribution in [3.63, 3.8) is 0 Å². The van der Waals surface area contributed by atoms with Crippen LogP contribution in [-0.4, -0.2) is 57.4 Å². The maximum Gasteiger partial charge on any atom is 0.259 e. The highest BCUT2D eigenvalue weighted by Gasteiger charge is 2.34. The van der Waals surface area contributed by atoms with E-state index in [1.54, 1.807) is 18.3 Å². The van der Waals surface area contributed by atoms with Gasteiger partial charge in [0.1, 0.15) is 5.56 Å². The van der Waals surface area contributed by atoms with Crippen LogP contribution in [0.15, 0.2) is 24.5 Å². The standard InChI is InChI=1S/C20H25N5O2/c1-3-27-19-15(6-4-9-21-19)20(26)25-10-5-7-17(25)18-22-12-14-13-24(2)11-8-16(14)23-18/h4,6,9,12,17H,3,5,7-8,10-11,13H2,1-2H3. The lowest BCUT2D eigenvalue weighted by molar-refractivity contribution is 0.0724. The summed E-state index contributed by atoms with van der Waals surface area (Å²) in [7, 11) is 2.11. The van der Waals surface area contributed by atoms with Crippen LogP contribution >= 0.6 is 0 Å². The molecule has 2 aromatic rings. The zero-order chi connectivity index (χ0) is 18.8. The first kappa shape index (κ1) is 17.9. The van der Waals surface area contributed by atoms with Gasteiger partial charge in [0.05, 0.1) is 12.6 Å². The lowest BCUT2D eigenvalue weighted by Crippen LogP contribution is -2.33. The van der Waals surface area contributed by atoms with Crippen molar-refractivity contribution < 1.29 is 9.53 Å². The minimum absolute atomic E-state index is 0.0601. The van der Waals surface area contributed by atoms with Gasteiger partial charge in [0.15, 0.2) is 5.82 Å². The fourth-order valence-corrected chi connectivity index (χ4v) is 3.87. The Morgan fingerprint density at radius 1 is 1.33 bits per heavy atom. The van der Waals surface area contributed by atoms with E-state index in [-0.39, 0.29) is 11.9 Å². The fourth-order valence-electron chi connectivity index (χ4n) is 3.87. The number of pyridine rings is 1. The second-order valence-corrected chi connectivity index (χ2v) is 7.13. The summed E-state index contributed by atoms with van der Waals surface area (Å²) in [5.41, 5.74) is 2.81. The number of nitrogens with zero attached hydrogens (tertiary/aromatic N) is 5. The number of hydrogen-bond acceptors (Lipinski definition) is 6. The highest BCUT2D eigenvalue weighted by atomic mass is 16.5. The fraction of sp³-hybridized carbons (Fsp3) is 0.500.